The van der Waals surface area contributed by atoms with E-state index in [1.165, 1.54) is 7.11 Å². The van der Waals surface area contributed by atoms with Gasteiger partial charge in [-0.25, -0.2) is 4.79 Å². The van der Waals surface area contributed by atoms with Crippen LogP contribution in [0, 0.1) is 0 Å². The van der Waals surface area contributed by atoms with Gasteiger partial charge in [0, 0.05) is 6.42 Å². The number of ether oxygens (including phenoxy) is 1. The van der Waals surface area contributed by atoms with Crippen molar-refractivity contribution in [1.29, 1.82) is 0 Å². The van der Waals surface area contributed by atoms with Gasteiger partial charge in [0.2, 0.25) is 5.91 Å². The molecule has 15 heavy (non-hydrogen) atoms. The molecule has 1 aliphatic rings. The molecule has 1 unspecified atom stereocenters. The lowest BCUT2D eigenvalue weighted by molar-refractivity contribution is -0.153. The monoisotopic (exact) mass is 213 g/mol. The van der Waals surface area contributed by atoms with Crippen LogP contribution in [0.1, 0.15) is 19.8 Å². The molecule has 1 rings (SSSR count). The molecule has 1 saturated heterocycles. The van der Waals surface area contributed by atoms with Crippen LogP contribution in [-0.4, -0.2) is 35.7 Å². The molecular formula is C10H15NO4. The normalized spacial score (nSPS) is 27.0. The number of methoxy groups -OCH3 is 1. The van der Waals surface area contributed by atoms with Crippen LogP contribution in [0.4, 0.5) is 0 Å². The third kappa shape index (κ3) is 1.87. The summed E-state index contributed by atoms with van der Waals surface area (Å²) in [5.41, 5.74) is -0.930. The molecule has 0 bridgehead atoms. The van der Waals surface area contributed by atoms with Gasteiger partial charge >= 0.3 is 5.97 Å². The molecule has 2 N–H and O–H groups in total. The van der Waals surface area contributed by atoms with Crippen molar-refractivity contribution in [2.75, 3.05) is 7.11 Å². The minimum Gasteiger partial charge on any atom is -0.467 e. The number of carbonyl (C=O) groups is 2. The zero-order chi connectivity index (χ0) is 11.6. The molecule has 0 radical (unpaired) electrons. The van der Waals surface area contributed by atoms with E-state index in [9.17, 15) is 14.7 Å². The second-order valence-electron chi connectivity index (χ2n) is 3.76. The molecule has 0 aromatic carbocycles. The quantitative estimate of drug-likeness (QED) is 0.500. The smallest absolute Gasteiger partial charge is 0.334 e. The van der Waals surface area contributed by atoms with Gasteiger partial charge in [-0.15, -0.1) is 0 Å². The Kier molecular flexibility index (Phi) is 3.14. The molecule has 0 aliphatic carbocycles. The van der Waals surface area contributed by atoms with Gasteiger partial charge in [-0.2, -0.15) is 0 Å². The molecule has 1 fully saturated rings. The summed E-state index contributed by atoms with van der Waals surface area (Å²) in [6.07, 6.45) is -0.678. The highest BCUT2D eigenvalue weighted by Crippen LogP contribution is 2.28. The maximum Gasteiger partial charge on any atom is 0.334 e. The van der Waals surface area contributed by atoms with Crippen molar-refractivity contribution < 1.29 is 19.4 Å². The second-order valence-corrected chi connectivity index (χ2v) is 3.76. The molecular weight excluding hydrogens is 198 g/mol. The van der Waals surface area contributed by atoms with E-state index in [2.05, 4.69) is 16.6 Å². The fourth-order valence-corrected chi connectivity index (χ4v) is 1.76. The second kappa shape index (κ2) is 4.02. The molecule has 0 aromatic rings. The van der Waals surface area contributed by atoms with Crippen LogP contribution in [0.15, 0.2) is 12.2 Å². The van der Waals surface area contributed by atoms with Gasteiger partial charge < -0.3 is 15.2 Å². The van der Waals surface area contributed by atoms with E-state index in [1.54, 1.807) is 6.92 Å². The van der Waals surface area contributed by atoms with E-state index in [0.717, 1.165) is 0 Å². The van der Waals surface area contributed by atoms with Gasteiger partial charge in [0.05, 0.1) is 7.11 Å². The number of amides is 1. The molecule has 0 aromatic heterocycles. The molecule has 5 heteroatoms. The van der Waals surface area contributed by atoms with Crippen molar-refractivity contribution >= 4 is 11.9 Å². The fourth-order valence-electron chi connectivity index (χ4n) is 1.76. The number of nitrogens with one attached hydrogen (secondary N) is 1. The molecule has 1 aliphatic heterocycles. The Morgan fingerprint density at radius 2 is 2.33 bits per heavy atom. The summed E-state index contributed by atoms with van der Waals surface area (Å²) in [5, 5.41) is 12.4. The summed E-state index contributed by atoms with van der Waals surface area (Å²) in [6.45, 7) is 5.17. The first-order valence-corrected chi connectivity index (χ1v) is 4.67. The van der Waals surface area contributed by atoms with E-state index < -0.39 is 17.6 Å². The first kappa shape index (κ1) is 11.7. The predicted octanol–water partition coefficient (Wildman–Crippen LogP) is -0.255. The highest BCUT2D eigenvalue weighted by atomic mass is 16.5. The summed E-state index contributed by atoms with van der Waals surface area (Å²) in [7, 11) is 1.22. The summed E-state index contributed by atoms with van der Waals surface area (Å²) in [6, 6.07) is 0. The Balaban J connectivity index is 3.02. The summed E-state index contributed by atoms with van der Waals surface area (Å²) in [4.78, 5) is 22.7. The molecule has 0 spiro atoms. The van der Waals surface area contributed by atoms with E-state index in [0.29, 0.717) is 5.57 Å². The van der Waals surface area contributed by atoms with Crippen molar-refractivity contribution in [3.63, 3.8) is 0 Å². The average molecular weight is 213 g/mol. The maximum atomic E-state index is 11.6. The first-order valence-electron chi connectivity index (χ1n) is 4.67. The number of hydrogen-bond acceptors (Lipinski definition) is 4. The molecule has 5 nitrogen and oxygen atoms in total. The maximum absolute atomic E-state index is 11.6. The lowest BCUT2D eigenvalue weighted by Gasteiger charge is -2.31. The molecule has 0 saturated carbocycles. The Bertz CT molecular complexity index is 313. The van der Waals surface area contributed by atoms with Crippen LogP contribution >= 0.6 is 0 Å². The van der Waals surface area contributed by atoms with Crippen LogP contribution in [0.25, 0.3) is 0 Å². The Labute approximate surface area is 88.1 Å². The van der Waals surface area contributed by atoms with Crippen LogP contribution in [0.2, 0.25) is 0 Å². The van der Waals surface area contributed by atoms with Crippen LogP contribution in [0.5, 0.6) is 0 Å². The number of esters is 1. The minimum atomic E-state index is -1.35. The first-order chi connectivity index (χ1) is 6.94. The van der Waals surface area contributed by atoms with Crippen molar-refractivity contribution in [2.24, 2.45) is 0 Å². The van der Waals surface area contributed by atoms with Gasteiger partial charge in [-0.05, 0) is 18.9 Å². The minimum absolute atomic E-state index is 0.208. The van der Waals surface area contributed by atoms with Gasteiger partial charge in [-0.3, -0.25) is 4.79 Å². The summed E-state index contributed by atoms with van der Waals surface area (Å²) < 4.78 is 4.60. The van der Waals surface area contributed by atoms with Gasteiger partial charge in [0.15, 0.2) is 5.54 Å². The number of hydrogen-bond donors (Lipinski definition) is 2. The Hall–Kier alpha value is -1.36. The predicted molar refractivity (Wildman–Crippen MR) is 52.9 cm³/mol. The summed E-state index contributed by atoms with van der Waals surface area (Å²) in [5.74, 6) is -0.899. The van der Waals surface area contributed by atoms with Crippen molar-refractivity contribution in [2.45, 2.75) is 31.4 Å². The zero-order valence-electron chi connectivity index (χ0n) is 8.87. The number of carbonyl (C=O) groups excluding carboxylic acids is 2. The SMILES string of the molecule is C=C(C)C(O)[C@@]1(C(=O)OC)CCC(=O)N1. The van der Waals surface area contributed by atoms with E-state index >= 15 is 0 Å². The lowest BCUT2D eigenvalue weighted by atomic mass is 9.87. The Morgan fingerprint density at radius 3 is 2.67 bits per heavy atom. The van der Waals surface area contributed by atoms with Crippen molar-refractivity contribution in [3.05, 3.63) is 12.2 Å². The van der Waals surface area contributed by atoms with Gasteiger partial charge in [0.1, 0.15) is 6.10 Å². The largest absolute Gasteiger partial charge is 0.467 e. The molecule has 1 amide bonds. The summed E-state index contributed by atoms with van der Waals surface area (Å²) >= 11 is 0. The fraction of sp³-hybridized carbons (Fsp3) is 0.600. The zero-order valence-corrected chi connectivity index (χ0v) is 8.87. The third-order valence-electron chi connectivity index (χ3n) is 2.59. The van der Waals surface area contributed by atoms with Crippen molar-refractivity contribution in [3.8, 4) is 0 Å². The van der Waals surface area contributed by atoms with Crippen molar-refractivity contribution in [1.82, 2.24) is 5.32 Å². The number of aliphatic hydroxyl groups excluding tert-OH is 1. The molecule has 2 atom stereocenters. The van der Waals surface area contributed by atoms with Crippen LogP contribution in [-0.2, 0) is 14.3 Å². The van der Waals surface area contributed by atoms with E-state index in [-0.39, 0.29) is 18.7 Å². The third-order valence-corrected chi connectivity index (χ3v) is 2.59. The molecule has 1 heterocycles. The highest BCUT2D eigenvalue weighted by molar-refractivity contribution is 5.92. The Morgan fingerprint density at radius 1 is 1.73 bits per heavy atom. The highest BCUT2D eigenvalue weighted by Gasteiger charge is 2.51. The van der Waals surface area contributed by atoms with Crippen LogP contribution < -0.4 is 5.32 Å². The number of aliphatic hydroxyl groups is 1. The van der Waals surface area contributed by atoms with Gasteiger partial charge in [-0.1, -0.05) is 6.58 Å². The number of rotatable bonds is 3. The topological polar surface area (TPSA) is 75.6 Å². The molecule has 84 valence electrons. The van der Waals surface area contributed by atoms with Gasteiger partial charge in [0.25, 0.3) is 0 Å². The standard InChI is InChI=1S/C10H15NO4/c1-6(2)8(13)10(9(14)15-3)5-4-7(12)11-10/h8,13H,1,4-5H2,2-3H3,(H,11,12)/t8?,10-/m1/s1. The average Bonchev–Trinajstić information content (AvgIpc) is 2.59. The van der Waals surface area contributed by atoms with Crippen LogP contribution in [0.3, 0.4) is 0 Å². The van der Waals surface area contributed by atoms with E-state index in [4.69, 9.17) is 0 Å². The van der Waals surface area contributed by atoms with E-state index in [1.807, 2.05) is 0 Å². The lowest BCUT2D eigenvalue weighted by Crippen LogP contribution is -2.58.